The summed E-state index contributed by atoms with van der Waals surface area (Å²) in [5.74, 6) is 2.59. The molecule has 0 saturated heterocycles. The Morgan fingerprint density at radius 1 is 1.06 bits per heavy atom. The summed E-state index contributed by atoms with van der Waals surface area (Å²) < 4.78 is 11.7. The molecule has 0 aromatic heterocycles. The average molecular weight is 455 g/mol. The first-order valence-electron chi connectivity index (χ1n) is 11.9. The zero-order chi connectivity index (χ0) is 24.1. The van der Waals surface area contributed by atoms with Gasteiger partial charge in [-0.15, -0.1) is 4.91 Å². The number of hydrogen-bond acceptors (Lipinski definition) is 7. The average Bonchev–Trinajstić information content (AvgIpc) is 3.56. The van der Waals surface area contributed by atoms with Crippen molar-refractivity contribution in [1.29, 1.82) is 0 Å². The molecule has 1 saturated carbocycles. The third-order valence-electron chi connectivity index (χ3n) is 6.86. The van der Waals surface area contributed by atoms with Gasteiger partial charge in [-0.25, -0.2) is 0 Å². The molecule has 0 amide bonds. The molecule has 3 rings (SSSR count). The van der Waals surface area contributed by atoms with Crippen LogP contribution in [0.4, 0.5) is 22.7 Å². The number of nitroso groups, excluding NO2 is 1. The van der Waals surface area contributed by atoms with Gasteiger partial charge >= 0.3 is 0 Å². The van der Waals surface area contributed by atoms with Crippen LogP contribution in [0.5, 0.6) is 11.5 Å². The molecule has 1 aliphatic carbocycles. The second kappa shape index (κ2) is 10.8. The Morgan fingerprint density at radius 3 is 2.27 bits per heavy atom. The lowest BCUT2D eigenvalue weighted by Gasteiger charge is -2.18. The van der Waals surface area contributed by atoms with E-state index in [0.717, 1.165) is 60.4 Å². The van der Waals surface area contributed by atoms with Crippen molar-refractivity contribution < 1.29 is 9.47 Å². The Balaban J connectivity index is 1.58. The minimum Gasteiger partial charge on any atom is -0.494 e. The third kappa shape index (κ3) is 5.18. The molecule has 1 aliphatic rings. The number of hydrogen-bond donors (Lipinski definition) is 3. The van der Waals surface area contributed by atoms with Gasteiger partial charge in [-0.2, -0.15) is 0 Å². The molecule has 0 bridgehead atoms. The lowest BCUT2D eigenvalue weighted by atomic mass is 10.0. The number of anilines is 3. The summed E-state index contributed by atoms with van der Waals surface area (Å²) in [6.07, 6.45) is 3.80. The number of ether oxygens (including phenoxy) is 2. The van der Waals surface area contributed by atoms with Gasteiger partial charge in [-0.1, -0.05) is 13.8 Å². The minimum atomic E-state index is 0.365. The third-order valence-corrected chi connectivity index (χ3v) is 6.86. The highest BCUT2D eigenvalue weighted by Gasteiger charge is 2.36. The Hall–Kier alpha value is -2.96. The molecule has 0 aliphatic heterocycles. The van der Waals surface area contributed by atoms with Crippen LogP contribution in [-0.2, 0) is 12.8 Å². The van der Waals surface area contributed by atoms with Gasteiger partial charge in [0, 0.05) is 13.6 Å². The number of nitrogens with zero attached hydrogens (tertiary/aromatic N) is 1. The van der Waals surface area contributed by atoms with Gasteiger partial charge < -0.3 is 25.8 Å². The fraction of sp³-hybridized carbons (Fsp3) is 0.538. The van der Waals surface area contributed by atoms with E-state index in [1.165, 1.54) is 5.56 Å². The van der Waals surface area contributed by atoms with Crippen LogP contribution in [0.2, 0.25) is 0 Å². The van der Waals surface area contributed by atoms with Gasteiger partial charge in [0.2, 0.25) is 0 Å². The second-order valence-electron chi connectivity index (χ2n) is 8.89. The SMILES string of the molecule is CCc1c(C)cc(NC[C@H]2CC2CCOc2c(CC)c(C)cc(NC)c2N=O)c(N)c1OC. The van der Waals surface area contributed by atoms with Crippen LogP contribution in [0, 0.1) is 30.6 Å². The molecule has 0 spiro atoms. The fourth-order valence-electron chi connectivity index (χ4n) is 4.82. The summed E-state index contributed by atoms with van der Waals surface area (Å²) in [7, 11) is 3.47. The van der Waals surface area contributed by atoms with E-state index in [4.69, 9.17) is 15.2 Å². The van der Waals surface area contributed by atoms with Crippen molar-refractivity contribution in [2.24, 2.45) is 17.0 Å². The first-order chi connectivity index (χ1) is 15.9. The molecule has 0 radical (unpaired) electrons. The number of nitrogens with two attached hydrogens (primary N) is 1. The molecule has 2 aromatic rings. The summed E-state index contributed by atoms with van der Waals surface area (Å²) in [5.41, 5.74) is 13.6. The lowest BCUT2D eigenvalue weighted by Crippen LogP contribution is -2.10. The van der Waals surface area contributed by atoms with E-state index in [1.54, 1.807) is 14.2 Å². The molecule has 2 aromatic carbocycles. The highest BCUT2D eigenvalue weighted by Crippen LogP contribution is 2.44. The number of rotatable bonds is 12. The van der Waals surface area contributed by atoms with Crippen molar-refractivity contribution in [3.8, 4) is 11.5 Å². The van der Waals surface area contributed by atoms with E-state index in [0.29, 0.717) is 41.3 Å². The van der Waals surface area contributed by atoms with E-state index in [1.807, 2.05) is 13.0 Å². The van der Waals surface area contributed by atoms with Crippen molar-refractivity contribution in [2.45, 2.75) is 53.4 Å². The van der Waals surface area contributed by atoms with Gasteiger partial charge in [0.15, 0.2) is 11.4 Å². The molecule has 7 nitrogen and oxygen atoms in total. The van der Waals surface area contributed by atoms with Gasteiger partial charge in [-0.3, -0.25) is 0 Å². The van der Waals surface area contributed by atoms with E-state index < -0.39 is 0 Å². The Kier molecular flexibility index (Phi) is 8.06. The predicted molar refractivity (Wildman–Crippen MR) is 137 cm³/mol. The van der Waals surface area contributed by atoms with Crippen LogP contribution in [0.15, 0.2) is 17.3 Å². The second-order valence-corrected chi connectivity index (χ2v) is 8.89. The van der Waals surface area contributed by atoms with Crippen LogP contribution in [-0.4, -0.2) is 27.3 Å². The Morgan fingerprint density at radius 2 is 1.70 bits per heavy atom. The first kappa shape index (κ1) is 24.7. The maximum Gasteiger partial charge on any atom is 0.173 e. The van der Waals surface area contributed by atoms with Gasteiger partial charge in [0.1, 0.15) is 5.75 Å². The fourth-order valence-corrected chi connectivity index (χ4v) is 4.82. The normalized spacial score (nSPS) is 16.9. The summed E-state index contributed by atoms with van der Waals surface area (Å²) >= 11 is 0. The van der Waals surface area contributed by atoms with Gasteiger partial charge in [-0.05, 0) is 90.9 Å². The lowest BCUT2D eigenvalue weighted by molar-refractivity contribution is 0.297. The zero-order valence-electron chi connectivity index (χ0n) is 20.8. The molecule has 1 fully saturated rings. The van der Waals surface area contributed by atoms with Gasteiger partial charge in [0.05, 0.1) is 30.8 Å². The van der Waals surface area contributed by atoms with Crippen molar-refractivity contribution in [3.05, 3.63) is 39.3 Å². The quantitative estimate of drug-likeness (QED) is 0.270. The van der Waals surface area contributed by atoms with E-state index in [2.05, 4.69) is 42.6 Å². The molecule has 180 valence electrons. The predicted octanol–water partition coefficient (Wildman–Crippen LogP) is 5.98. The Bertz CT molecular complexity index is 1010. The molecule has 7 heteroatoms. The number of benzene rings is 2. The van der Waals surface area contributed by atoms with Crippen LogP contribution >= 0.6 is 0 Å². The van der Waals surface area contributed by atoms with Crippen LogP contribution in [0.1, 0.15) is 48.9 Å². The summed E-state index contributed by atoms with van der Waals surface area (Å²) in [4.78, 5) is 11.5. The molecule has 4 N–H and O–H groups in total. The van der Waals surface area contributed by atoms with Crippen molar-refractivity contribution in [1.82, 2.24) is 0 Å². The van der Waals surface area contributed by atoms with Crippen LogP contribution in [0.25, 0.3) is 0 Å². The maximum atomic E-state index is 11.5. The molecule has 2 atom stereocenters. The molecule has 0 heterocycles. The standard InChI is InChI=1S/C26H38N4O3/c1-7-19-15(3)11-21(23(27)25(19)32-6)29-14-18-13-17(18)9-10-33-26-20(8-2)16(4)12-22(28-5)24(26)30-31/h11-12,17-18,28-29H,7-10,13-14,27H2,1-6H3/t17?,18-/m1/s1. The van der Waals surface area contributed by atoms with Crippen LogP contribution in [0.3, 0.4) is 0 Å². The van der Waals surface area contributed by atoms with E-state index in [9.17, 15) is 4.91 Å². The highest BCUT2D eigenvalue weighted by molar-refractivity contribution is 5.77. The Labute approximate surface area is 197 Å². The van der Waals surface area contributed by atoms with E-state index >= 15 is 0 Å². The smallest absolute Gasteiger partial charge is 0.173 e. The number of aryl methyl sites for hydroxylation is 2. The van der Waals surface area contributed by atoms with Crippen molar-refractivity contribution >= 4 is 22.7 Å². The molecular formula is C26H38N4O3. The maximum absolute atomic E-state index is 11.5. The number of nitrogens with one attached hydrogen (secondary N) is 2. The summed E-state index contributed by atoms with van der Waals surface area (Å²) in [6, 6.07) is 4.08. The topological polar surface area (TPSA) is 98.0 Å². The summed E-state index contributed by atoms with van der Waals surface area (Å²) in [6.45, 7) is 9.77. The number of methoxy groups -OCH3 is 1. The molecule has 33 heavy (non-hydrogen) atoms. The first-order valence-corrected chi connectivity index (χ1v) is 11.9. The summed E-state index contributed by atoms with van der Waals surface area (Å²) in [5, 5.41) is 9.84. The van der Waals surface area contributed by atoms with Crippen LogP contribution < -0.4 is 25.8 Å². The minimum absolute atomic E-state index is 0.365. The van der Waals surface area contributed by atoms with Crippen molar-refractivity contribution in [3.63, 3.8) is 0 Å². The van der Waals surface area contributed by atoms with Crippen molar-refractivity contribution in [2.75, 3.05) is 43.7 Å². The van der Waals surface area contributed by atoms with E-state index in [-0.39, 0.29) is 0 Å². The highest BCUT2D eigenvalue weighted by atomic mass is 16.5. The number of nitrogen functional groups attached to an aromatic ring is 1. The van der Waals surface area contributed by atoms with Gasteiger partial charge in [0.25, 0.3) is 0 Å². The zero-order valence-corrected chi connectivity index (χ0v) is 20.8. The monoisotopic (exact) mass is 454 g/mol. The molecular weight excluding hydrogens is 416 g/mol. The largest absolute Gasteiger partial charge is 0.494 e. The molecule has 1 unspecified atom stereocenters.